The van der Waals surface area contributed by atoms with E-state index in [0.29, 0.717) is 0 Å². The molecule has 1 aromatic heterocycles. The molecule has 13 aromatic rings. The highest BCUT2D eigenvalue weighted by Crippen LogP contribution is 2.42. The highest BCUT2D eigenvalue weighted by molar-refractivity contribution is 6.08. The smallest absolute Gasteiger partial charge is 0.138 e. The predicted octanol–water partition coefficient (Wildman–Crippen LogP) is 20.2. The zero-order valence-corrected chi connectivity index (χ0v) is 40.4. The third-order valence-corrected chi connectivity index (χ3v) is 14.5. The van der Waals surface area contributed by atoms with E-state index in [9.17, 15) is 0 Å². The Morgan fingerprint density at radius 1 is 0.260 bits per heavy atom. The van der Waals surface area contributed by atoms with Crippen molar-refractivity contribution in [3.63, 3.8) is 0 Å². The summed E-state index contributed by atoms with van der Waals surface area (Å²) < 4.78 is 6.34. The number of rotatable bonds is 10. The van der Waals surface area contributed by atoms with E-state index in [2.05, 4.69) is 279 Å². The van der Waals surface area contributed by atoms with Gasteiger partial charge < -0.3 is 9.32 Å². The first-order valence-electron chi connectivity index (χ1n) is 25.1. The standard InChI is InChI=1S/C71H49NO/c1-48-63-19-11-12-25-70(63)73-71(48)59-18-13-17-56(47-59)51-28-26-49(27-29-51)50-32-39-60(40-33-50)72(61-41-34-52(35-42-61)57-38-45-67-58(46-57)31-30-54-16-5-6-20-64(54)67)62-43-36-55(37-44-62)66-22-8-10-24-69(66)68-23-9-7-21-65(68)53-14-3-2-4-15-53/h2-47H,1H3. The predicted molar refractivity (Wildman–Crippen MR) is 309 cm³/mol. The third kappa shape index (κ3) is 8.25. The maximum atomic E-state index is 6.34. The number of furan rings is 1. The van der Waals surface area contributed by atoms with E-state index in [0.717, 1.165) is 72.7 Å². The van der Waals surface area contributed by atoms with Crippen molar-refractivity contribution in [1.29, 1.82) is 0 Å². The molecule has 0 saturated carbocycles. The first kappa shape index (κ1) is 43.5. The van der Waals surface area contributed by atoms with Crippen LogP contribution in [0.5, 0.6) is 0 Å². The van der Waals surface area contributed by atoms with Crippen molar-refractivity contribution in [2.45, 2.75) is 6.92 Å². The fraction of sp³-hybridized carbons (Fsp3) is 0.0141. The maximum absolute atomic E-state index is 6.34. The Balaban J connectivity index is 0.830. The van der Waals surface area contributed by atoms with Gasteiger partial charge in [0.05, 0.1) is 0 Å². The van der Waals surface area contributed by atoms with Crippen LogP contribution >= 0.6 is 0 Å². The average molecular weight is 932 g/mol. The molecule has 0 radical (unpaired) electrons. The van der Waals surface area contributed by atoms with Gasteiger partial charge in [0, 0.05) is 33.6 Å². The Kier molecular flexibility index (Phi) is 11.1. The average Bonchev–Trinajstić information content (AvgIpc) is 3.81. The highest BCUT2D eigenvalue weighted by Gasteiger charge is 2.18. The number of nitrogens with zero attached hydrogens (tertiary/aromatic N) is 1. The van der Waals surface area contributed by atoms with Crippen molar-refractivity contribution in [3.8, 4) is 78.1 Å². The number of anilines is 3. The normalized spacial score (nSPS) is 11.4. The maximum Gasteiger partial charge on any atom is 0.138 e. The van der Waals surface area contributed by atoms with Gasteiger partial charge in [-0.05, 0) is 150 Å². The van der Waals surface area contributed by atoms with Crippen LogP contribution in [0.15, 0.2) is 283 Å². The van der Waals surface area contributed by atoms with Gasteiger partial charge in [0.1, 0.15) is 11.3 Å². The van der Waals surface area contributed by atoms with E-state index in [1.807, 2.05) is 12.1 Å². The first-order chi connectivity index (χ1) is 36.1. The van der Waals surface area contributed by atoms with Crippen molar-refractivity contribution in [3.05, 3.63) is 285 Å². The molecule has 0 N–H and O–H groups in total. The summed E-state index contributed by atoms with van der Waals surface area (Å²) in [6.07, 6.45) is 0. The highest BCUT2D eigenvalue weighted by atomic mass is 16.3. The molecule has 1 heterocycles. The van der Waals surface area contributed by atoms with Crippen LogP contribution in [-0.2, 0) is 0 Å². The summed E-state index contributed by atoms with van der Waals surface area (Å²) in [6.45, 7) is 2.14. The van der Waals surface area contributed by atoms with Crippen LogP contribution in [0.1, 0.15) is 5.56 Å². The van der Waals surface area contributed by atoms with Crippen LogP contribution in [0.25, 0.3) is 111 Å². The van der Waals surface area contributed by atoms with Crippen LogP contribution < -0.4 is 4.90 Å². The Labute approximate surface area is 426 Å². The summed E-state index contributed by atoms with van der Waals surface area (Å²) >= 11 is 0. The molecule has 0 aliphatic rings. The molecular formula is C71H49NO. The molecule has 0 fully saturated rings. The van der Waals surface area contributed by atoms with E-state index in [1.165, 1.54) is 60.5 Å². The molecule has 13 rings (SSSR count). The summed E-state index contributed by atoms with van der Waals surface area (Å²) in [5, 5.41) is 6.21. The van der Waals surface area contributed by atoms with Gasteiger partial charge in [-0.2, -0.15) is 0 Å². The molecule has 2 nitrogen and oxygen atoms in total. The Morgan fingerprint density at radius 3 is 1.29 bits per heavy atom. The minimum absolute atomic E-state index is 0.916. The molecule has 0 saturated heterocycles. The largest absolute Gasteiger partial charge is 0.456 e. The molecule has 0 aliphatic carbocycles. The molecule has 73 heavy (non-hydrogen) atoms. The molecular weight excluding hydrogens is 883 g/mol. The van der Waals surface area contributed by atoms with Crippen LogP contribution in [0.3, 0.4) is 0 Å². The SMILES string of the molecule is Cc1c(-c2cccc(-c3ccc(-c4ccc(N(c5ccc(-c6ccc7c(ccc8ccccc87)c6)cc5)c5ccc(-c6ccccc6-c6ccccc6-c6ccccc6)cc5)cc4)cc3)c2)oc2ccccc12. The molecule has 12 aromatic carbocycles. The summed E-state index contributed by atoms with van der Waals surface area (Å²) in [5.74, 6) is 0.922. The van der Waals surface area contributed by atoms with Crippen LogP contribution in [0, 0.1) is 6.92 Å². The van der Waals surface area contributed by atoms with Crippen molar-refractivity contribution in [1.82, 2.24) is 0 Å². The molecule has 0 atom stereocenters. The van der Waals surface area contributed by atoms with E-state index in [4.69, 9.17) is 4.42 Å². The van der Waals surface area contributed by atoms with Gasteiger partial charge in [-0.1, -0.05) is 224 Å². The molecule has 0 bridgehead atoms. The van der Waals surface area contributed by atoms with Crippen molar-refractivity contribution in [2.75, 3.05) is 4.90 Å². The first-order valence-corrected chi connectivity index (χ1v) is 25.1. The Bertz CT molecular complexity index is 4110. The van der Waals surface area contributed by atoms with Crippen LogP contribution in [-0.4, -0.2) is 0 Å². The van der Waals surface area contributed by atoms with E-state index < -0.39 is 0 Å². The summed E-state index contributed by atoms with van der Waals surface area (Å²) in [6, 6.07) is 101. The van der Waals surface area contributed by atoms with E-state index in [-0.39, 0.29) is 0 Å². The van der Waals surface area contributed by atoms with Gasteiger partial charge in [0.15, 0.2) is 0 Å². The quantitative estimate of drug-likeness (QED) is 0.127. The lowest BCUT2D eigenvalue weighted by Gasteiger charge is -2.26. The zero-order valence-electron chi connectivity index (χ0n) is 40.4. The number of hydrogen-bond acceptors (Lipinski definition) is 2. The monoisotopic (exact) mass is 931 g/mol. The molecule has 0 spiro atoms. The lowest BCUT2D eigenvalue weighted by Crippen LogP contribution is -2.09. The summed E-state index contributed by atoms with van der Waals surface area (Å²) in [7, 11) is 0. The molecule has 2 heteroatoms. The van der Waals surface area contributed by atoms with Gasteiger partial charge in [0.2, 0.25) is 0 Å². The topological polar surface area (TPSA) is 16.4 Å². The van der Waals surface area contributed by atoms with Gasteiger partial charge >= 0.3 is 0 Å². The zero-order chi connectivity index (χ0) is 48.7. The summed E-state index contributed by atoms with van der Waals surface area (Å²) in [4.78, 5) is 2.36. The Morgan fingerprint density at radius 2 is 0.671 bits per heavy atom. The lowest BCUT2D eigenvalue weighted by molar-refractivity contribution is 0.629. The number of benzene rings is 12. The fourth-order valence-corrected chi connectivity index (χ4v) is 10.7. The summed E-state index contributed by atoms with van der Waals surface area (Å²) in [5.41, 5.74) is 20.6. The second-order valence-corrected chi connectivity index (χ2v) is 18.9. The second kappa shape index (κ2) is 18.7. The number of fused-ring (bicyclic) bond motifs is 4. The van der Waals surface area contributed by atoms with E-state index in [1.54, 1.807) is 0 Å². The number of para-hydroxylation sites is 1. The third-order valence-electron chi connectivity index (χ3n) is 14.5. The van der Waals surface area contributed by atoms with Gasteiger partial charge in [0.25, 0.3) is 0 Å². The molecule has 0 unspecified atom stereocenters. The fourth-order valence-electron chi connectivity index (χ4n) is 10.7. The second-order valence-electron chi connectivity index (χ2n) is 18.9. The molecule has 344 valence electrons. The number of aryl methyl sites for hydroxylation is 1. The minimum atomic E-state index is 0.916. The molecule has 0 amide bonds. The van der Waals surface area contributed by atoms with Crippen LogP contribution in [0.2, 0.25) is 0 Å². The molecule has 0 aliphatic heterocycles. The van der Waals surface area contributed by atoms with Crippen LogP contribution in [0.4, 0.5) is 17.1 Å². The van der Waals surface area contributed by atoms with Crippen molar-refractivity contribution < 1.29 is 4.42 Å². The minimum Gasteiger partial charge on any atom is -0.456 e. The van der Waals surface area contributed by atoms with E-state index >= 15 is 0 Å². The van der Waals surface area contributed by atoms with Crippen molar-refractivity contribution in [2.24, 2.45) is 0 Å². The number of hydrogen-bond donors (Lipinski definition) is 0. The lowest BCUT2D eigenvalue weighted by atomic mass is 9.89. The van der Waals surface area contributed by atoms with Gasteiger partial charge in [-0.25, -0.2) is 0 Å². The van der Waals surface area contributed by atoms with Gasteiger partial charge in [-0.3, -0.25) is 0 Å². The van der Waals surface area contributed by atoms with Crippen molar-refractivity contribution >= 4 is 49.6 Å². The van der Waals surface area contributed by atoms with Gasteiger partial charge in [-0.15, -0.1) is 0 Å². The Hall–Kier alpha value is -9.50.